The molecule has 1 rings (SSSR count). The van der Waals surface area contributed by atoms with E-state index in [4.69, 9.17) is 5.11 Å². The molecule has 0 saturated carbocycles. The third-order valence-electron chi connectivity index (χ3n) is 1.76. The van der Waals surface area contributed by atoms with Gasteiger partial charge in [0.15, 0.2) is 0 Å². The van der Waals surface area contributed by atoms with Crippen LogP contribution in [0.25, 0.3) is 0 Å². The molecule has 4 heteroatoms. The van der Waals surface area contributed by atoms with Crippen LogP contribution in [0.15, 0.2) is 11.4 Å². The van der Waals surface area contributed by atoms with Gasteiger partial charge in [0.25, 0.3) is 0 Å². The first-order valence-corrected chi connectivity index (χ1v) is 6.26. The second-order valence-corrected chi connectivity index (χ2v) is 5.29. The minimum atomic E-state index is -0.839. The average Bonchev–Trinajstić information content (AvgIpc) is 2.49. The van der Waals surface area contributed by atoms with E-state index < -0.39 is 5.97 Å². The van der Waals surface area contributed by atoms with Crippen LogP contribution >= 0.6 is 11.3 Å². The lowest BCUT2D eigenvalue weighted by atomic mass is 10.3. The van der Waals surface area contributed by atoms with Crippen molar-refractivity contribution in [2.24, 2.45) is 0 Å². The summed E-state index contributed by atoms with van der Waals surface area (Å²) in [4.78, 5) is 11.2. The third kappa shape index (κ3) is 6.58. The van der Waals surface area contributed by atoms with Crippen molar-refractivity contribution in [3.8, 4) is 0 Å². The number of hydrogen-bond acceptors (Lipinski definition) is 3. The number of nitrogens with one attached hydrogen (secondary N) is 1. The highest BCUT2D eigenvalue weighted by Gasteiger charge is 2.05. The fourth-order valence-corrected chi connectivity index (χ4v) is 1.96. The number of carboxylic acids is 1. The molecule has 0 bridgehead atoms. The molecular formula is C12H21NO2S. The van der Waals surface area contributed by atoms with Crippen LogP contribution in [0.3, 0.4) is 0 Å². The molecule has 0 atom stereocenters. The fraction of sp³-hybridized carbons (Fsp3) is 0.583. The monoisotopic (exact) mass is 243 g/mol. The van der Waals surface area contributed by atoms with E-state index in [-0.39, 0.29) is 0 Å². The summed E-state index contributed by atoms with van der Waals surface area (Å²) < 4.78 is 0. The molecule has 0 radical (unpaired) electrons. The van der Waals surface area contributed by atoms with Gasteiger partial charge in [-0.25, -0.2) is 4.79 Å². The number of carboxylic acid groups (broad SMARTS) is 1. The summed E-state index contributed by atoms with van der Waals surface area (Å²) in [7, 11) is 0. The SMILES string of the molecule is CC(C)NC(C)C.Cc1sccc1C(=O)O. The Morgan fingerprint density at radius 3 is 1.94 bits per heavy atom. The molecule has 0 spiro atoms. The van der Waals surface area contributed by atoms with Crippen LogP contribution in [0.1, 0.15) is 42.9 Å². The molecule has 1 heterocycles. The van der Waals surface area contributed by atoms with Crippen molar-refractivity contribution in [2.75, 3.05) is 0 Å². The van der Waals surface area contributed by atoms with E-state index in [0.717, 1.165) is 4.88 Å². The lowest BCUT2D eigenvalue weighted by Gasteiger charge is -2.10. The van der Waals surface area contributed by atoms with Gasteiger partial charge < -0.3 is 10.4 Å². The summed E-state index contributed by atoms with van der Waals surface area (Å²) in [6.07, 6.45) is 0. The number of thiophene rings is 1. The van der Waals surface area contributed by atoms with E-state index in [9.17, 15) is 4.79 Å². The highest BCUT2D eigenvalue weighted by Crippen LogP contribution is 2.13. The largest absolute Gasteiger partial charge is 0.478 e. The highest BCUT2D eigenvalue weighted by molar-refractivity contribution is 7.10. The Morgan fingerprint density at radius 1 is 1.31 bits per heavy atom. The van der Waals surface area contributed by atoms with Gasteiger partial charge in [0.1, 0.15) is 0 Å². The first-order valence-electron chi connectivity index (χ1n) is 5.38. The Hall–Kier alpha value is -0.870. The molecule has 0 aliphatic heterocycles. The van der Waals surface area contributed by atoms with Crippen LogP contribution < -0.4 is 5.32 Å². The second-order valence-electron chi connectivity index (χ2n) is 4.17. The molecule has 0 aliphatic carbocycles. The Labute approximate surface area is 102 Å². The molecule has 3 nitrogen and oxygen atoms in total. The summed E-state index contributed by atoms with van der Waals surface area (Å²) in [5.74, 6) is -0.839. The zero-order valence-electron chi connectivity index (χ0n) is 10.6. The van der Waals surface area contributed by atoms with Crippen molar-refractivity contribution in [1.29, 1.82) is 0 Å². The lowest BCUT2D eigenvalue weighted by molar-refractivity contribution is 0.0697. The Morgan fingerprint density at radius 2 is 1.81 bits per heavy atom. The summed E-state index contributed by atoms with van der Waals surface area (Å²) in [5, 5.41) is 13.5. The standard InChI is InChI=1S/C6H15N.C6H6O2S/c1-5(2)7-6(3)4;1-4-5(6(7)8)2-3-9-4/h5-7H,1-4H3;2-3H,1H3,(H,7,8). The maximum atomic E-state index is 10.3. The number of aryl methyl sites for hydroxylation is 1. The van der Waals surface area contributed by atoms with Crippen molar-refractivity contribution in [1.82, 2.24) is 5.32 Å². The van der Waals surface area contributed by atoms with E-state index in [1.54, 1.807) is 18.4 Å². The van der Waals surface area contributed by atoms with Crippen LogP contribution in [-0.2, 0) is 0 Å². The molecule has 0 aliphatic rings. The topological polar surface area (TPSA) is 49.3 Å². The zero-order chi connectivity index (χ0) is 12.7. The molecule has 0 saturated heterocycles. The van der Waals surface area contributed by atoms with Crippen molar-refractivity contribution >= 4 is 17.3 Å². The molecule has 1 aromatic heterocycles. The van der Waals surface area contributed by atoms with Gasteiger partial charge in [-0.2, -0.15) is 0 Å². The quantitative estimate of drug-likeness (QED) is 0.857. The van der Waals surface area contributed by atoms with Gasteiger partial charge in [0.2, 0.25) is 0 Å². The predicted octanol–water partition coefficient (Wildman–Crippen LogP) is 3.15. The molecule has 1 aromatic rings. The fourth-order valence-electron chi connectivity index (χ4n) is 1.27. The summed E-state index contributed by atoms with van der Waals surface area (Å²) in [5.41, 5.74) is 0.417. The smallest absolute Gasteiger partial charge is 0.336 e. The molecule has 0 unspecified atom stereocenters. The minimum Gasteiger partial charge on any atom is -0.478 e. The van der Waals surface area contributed by atoms with E-state index in [0.29, 0.717) is 17.6 Å². The number of aromatic carboxylic acids is 1. The van der Waals surface area contributed by atoms with Crippen LogP contribution in [0.4, 0.5) is 0 Å². The molecule has 16 heavy (non-hydrogen) atoms. The van der Waals surface area contributed by atoms with E-state index >= 15 is 0 Å². The Balaban J connectivity index is 0.000000293. The Kier molecular flexibility index (Phi) is 7.01. The van der Waals surface area contributed by atoms with Gasteiger partial charge in [0.05, 0.1) is 5.56 Å². The lowest BCUT2D eigenvalue weighted by Crippen LogP contribution is -2.29. The van der Waals surface area contributed by atoms with Gasteiger partial charge in [-0.15, -0.1) is 11.3 Å². The van der Waals surface area contributed by atoms with E-state index in [2.05, 4.69) is 33.0 Å². The highest BCUT2D eigenvalue weighted by atomic mass is 32.1. The molecule has 0 fully saturated rings. The first kappa shape index (κ1) is 15.1. The van der Waals surface area contributed by atoms with E-state index in [1.165, 1.54) is 11.3 Å². The van der Waals surface area contributed by atoms with Crippen molar-refractivity contribution in [3.05, 3.63) is 21.9 Å². The summed E-state index contributed by atoms with van der Waals surface area (Å²) >= 11 is 1.45. The van der Waals surface area contributed by atoms with Gasteiger partial charge in [-0.1, -0.05) is 27.7 Å². The van der Waals surface area contributed by atoms with Gasteiger partial charge >= 0.3 is 5.97 Å². The summed E-state index contributed by atoms with van der Waals surface area (Å²) in [6.45, 7) is 10.4. The van der Waals surface area contributed by atoms with Gasteiger partial charge in [0, 0.05) is 17.0 Å². The first-order chi connectivity index (χ1) is 7.34. The van der Waals surface area contributed by atoms with Crippen molar-refractivity contribution < 1.29 is 9.90 Å². The normalized spacial score (nSPS) is 10.2. The van der Waals surface area contributed by atoms with Crippen LogP contribution in [0, 0.1) is 6.92 Å². The van der Waals surface area contributed by atoms with Gasteiger partial charge in [-0.3, -0.25) is 0 Å². The van der Waals surface area contributed by atoms with Crippen molar-refractivity contribution in [2.45, 2.75) is 46.7 Å². The van der Waals surface area contributed by atoms with Crippen LogP contribution in [0.5, 0.6) is 0 Å². The number of hydrogen-bond donors (Lipinski definition) is 2. The van der Waals surface area contributed by atoms with Gasteiger partial charge in [-0.05, 0) is 18.4 Å². The molecule has 0 aromatic carbocycles. The number of rotatable bonds is 3. The second kappa shape index (κ2) is 7.41. The zero-order valence-corrected chi connectivity index (χ0v) is 11.4. The molecule has 2 N–H and O–H groups in total. The summed E-state index contributed by atoms with van der Waals surface area (Å²) in [6, 6.07) is 2.86. The predicted molar refractivity (Wildman–Crippen MR) is 69.4 cm³/mol. The molecular weight excluding hydrogens is 222 g/mol. The average molecular weight is 243 g/mol. The number of carbonyl (C=O) groups is 1. The van der Waals surface area contributed by atoms with Crippen molar-refractivity contribution in [3.63, 3.8) is 0 Å². The third-order valence-corrected chi connectivity index (χ3v) is 2.60. The molecule has 92 valence electrons. The van der Waals surface area contributed by atoms with Crippen LogP contribution in [-0.4, -0.2) is 23.2 Å². The van der Waals surface area contributed by atoms with Crippen LogP contribution in [0.2, 0.25) is 0 Å². The minimum absolute atomic E-state index is 0.417. The van der Waals surface area contributed by atoms with E-state index in [1.807, 2.05) is 0 Å². The molecule has 0 amide bonds. The maximum absolute atomic E-state index is 10.3. The Bertz CT molecular complexity index is 313. The maximum Gasteiger partial charge on any atom is 0.336 e.